The molecule has 214 valence electrons. The highest BCUT2D eigenvalue weighted by molar-refractivity contribution is 8.00. The molecule has 1 unspecified atom stereocenters. The van der Waals surface area contributed by atoms with Crippen molar-refractivity contribution in [3.05, 3.63) is 131 Å². The number of thioether (sulfide) groups is 1. The lowest BCUT2D eigenvalue weighted by molar-refractivity contribution is -0.115. The van der Waals surface area contributed by atoms with Crippen LogP contribution in [0.4, 0.5) is 15.8 Å². The van der Waals surface area contributed by atoms with Crippen LogP contribution in [-0.4, -0.2) is 23.0 Å². The first-order chi connectivity index (χ1) is 20.2. The number of amides is 3. The second-order valence-electron chi connectivity index (χ2n) is 9.62. The quantitative estimate of drug-likeness (QED) is 0.136. The first kappa shape index (κ1) is 30.3. The molecule has 3 amide bonds. The molecule has 4 rings (SSSR count). The predicted octanol–water partition coefficient (Wildman–Crippen LogP) is 7.23. The van der Waals surface area contributed by atoms with Gasteiger partial charge in [-0.05, 0) is 91.6 Å². The van der Waals surface area contributed by atoms with Gasteiger partial charge in [-0.15, -0.1) is 11.8 Å². The normalized spacial score (nSPS) is 11.9. The molecule has 0 bridgehead atoms. The summed E-state index contributed by atoms with van der Waals surface area (Å²) in [5.74, 6) is -1.49. The Morgan fingerprint density at radius 2 is 1.55 bits per heavy atom. The highest BCUT2D eigenvalue weighted by Gasteiger charge is 2.18. The van der Waals surface area contributed by atoms with Crippen LogP contribution in [0.5, 0.6) is 0 Å². The fourth-order valence-corrected chi connectivity index (χ4v) is 5.04. The summed E-state index contributed by atoms with van der Waals surface area (Å²) in [6, 6.07) is 27.2. The van der Waals surface area contributed by atoms with E-state index in [0.29, 0.717) is 16.8 Å². The van der Waals surface area contributed by atoms with Gasteiger partial charge in [-0.25, -0.2) is 4.39 Å². The fraction of sp³-hybridized carbons (Fsp3) is 0.147. The third kappa shape index (κ3) is 8.17. The molecule has 0 heterocycles. The van der Waals surface area contributed by atoms with Gasteiger partial charge in [-0.1, -0.05) is 55.5 Å². The SMILES string of the molecule is CCc1cccc(C)c1NC(=O)C(C)Sc1ccc(NC(=O)/C(=C/c2ccc(F)cc2)NC(=O)c2ccccc2)cc1. The minimum Gasteiger partial charge on any atom is -0.325 e. The summed E-state index contributed by atoms with van der Waals surface area (Å²) >= 11 is 1.41. The Hall–Kier alpha value is -4.69. The molecule has 42 heavy (non-hydrogen) atoms. The molecule has 0 aromatic heterocycles. The average Bonchev–Trinajstić information content (AvgIpc) is 3.00. The van der Waals surface area contributed by atoms with Crippen molar-refractivity contribution in [1.29, 1.82) is 0 Å². The van der Waals surface area contributed by atoms with Gasteiger partial charge < -0.3 is 16.0 Å². The van der Waals surface area contributed by atoms with Crippen LogP contribution >= 0.6 is 11.8 Å². The molecular weight excluding hydrogens is 549 g/mol. The van der Waals surface area contributed by atoms with Crippen molar-refractivity contribution in [3.8, 4) is 0 Å². The van der Waals surface area contributed by atoms with Gasteiger partial charge in [0.05, 0.1) is 5.25 Å². The molecule has 0 fully saturated rings. The summed E-state index contributed by atoms with van der Waals surface area (Å²) in [4.78, 5) is 39.8. The zero-order chi connectivity index (χ0) is 30.1. The first-order valence-corrected chi connectivity index (χ1v) is 14.4. The second kappa shape index (κ2) is 14.3. The first-order valence-electron chi connectivity index (χ1n) is 13.5. The molecule has 6 nitrogen and oxygen atoms in total. The number of carbonyl (C=O) groups is 3. The van der Waals surface area contributed by atoms with Crippen molar-refractivity contribution in [2.24, 2.45) is 0 Å². The van der Waals surface area contributed by atoms with Crippen LogP contribution in [-0.2, 0) is 16.0 Å². The zero-order valence-corrected chi connectivity index (χ0v) is 24.4. The lowest BCUT2D eigenvalue weighted by Gasteiger charge is -2.16. The van der Waals surface area contributed by atoms with E-state index in [1.165, 1.54) is 42.1 Å². The number of hydrogen-bond acceptors (Lipinski definition) is 4. The summed E-state index contributed by atoms with van der Waals surface area (Å²) in [5.41, 5.74) is 4.42. The number of halogens is 1. The maximum absolute atomic E-state index is 13.4. The van der Waals surface area contributed by atoms with Gasteiger partial charge in [0, 0.05) is 21.8 Å². The molecule has 4 aromatic rings. The van der Waals surface area contributed by atoms with E-state index in [1.54, 1.807) is 42.5 Å². The van der Waals surface area contributed by atoms with E-state index in [1.807, 2.05) is 44.2 Å². The average molecular weight is 582 g/mol. The molecule has 1 atom stereocenters. The van der Waals surface area contributed by atoms with E-state index < -0.39 is 17.6 Å². The highest BCUT2D eigenvalue weighted by Crippen LogP contribution is 2.27. The molecular formula is C34H32FN3O3S. The number of carbonyl (C=O) groups excluding carboxylic acids is 3. The van der Waals surface area contributed by atoms with Crippen LogP contribution < -0.4 is 16.0 Å². The largest absolute Gasteiger partial charge is 0.325 e. The number of para-hydroxylation sites is 1. The monoisotopic (exact) mass is 581 g/mol. The van der Waals surface area contributed by atoms with Gasteiger partial charge in [0.1, 0.15) is 11.5 Å². The van der Waals surface area contributed by atoms with Crippen molar-refractivity contribution < 1.29 is 18.8 Å². The van der Waals surface area contributed by atoms with Gasteiger partial charge in [0.15, 0.2) is 0 Å². The number of hydrogen-bond donors (Lipinski definition) is 3. The van der Waals surface area contributed by atoms with E-state index in [0.717, 1.165) is 28.1 Å². The van der Waals surface area contributed by atoms with Gasteiger partial charge in [-0.2, -0.15) is 0 Å². The minimum atomic E-state index is -0.540. The number of aryl methyl sites for hydroxylation is 2. The number of rotatable bonds is 10. The van der Waals surface area contributed by atoms with E-state index in [-0.39, 0.29) is 16.9 Å². The number of nitrogens with one attached hydrogen (secondary N) is 3. The number of anilines is 2. The molecule has 4 aromatic carbocycles. The molecule has 0 aliphatic heterocycles. The summed E-state index contributed by atoms with van der Waals surface area (Å²) in [6.45, 7) is 5.89. The standard InChI is InChI=1S/C34H32FN3O3S/c1-4-25-12-8-9-22(2)31(25)38-32(39)23(3)42-29-19-17-28(18-20-29)36-34(41)30(21-24-13-15-27(35)16-14-24)37-33(40)26-10-6-5-7-11-26/h5-21,23H,4H2,1-3H3,(H,36,41)(H,37,40)(H,38,39)/b30-21-. The van der Waals surface area contributed by atoms with Crippen LogP contribution in [0.1, 0.15) is 40.9 Å². The summed E-state index contributed by atoms with van der Waals surface area (Å²) in [6.07, 6.45) is 2.31. The van der Waals surface area contributed by atoms with E-state index >= 15 is 0 Å². The van der Waals surface area contributed by atoms with E-state index in [4.69, 9.17) is 0 Å². The van der Waals surface area contributed by atoms with Crippen molar-refractivity contribution in [1.82, 2.24) is 5.32 Å². The Kier molecular flexibility index (Phi) is 10.3. The summed E-state index contributed by atoms with van der Waals surface area (Å²) in [5, 5.41) is 8.19. The molecule has 3 N–H and O–H groups in total. The zero-order valence-electron chi connectivity index (χ0n) is 23.6. The van der Waals surface area contributed by atoms with E-state index in [2.05, 4.69) is 22.9 Å². The van der Waals surface area contributed by atoms with Crippen LogP contribution in [0, 0.1) is 12.7 Å². The lowest BCUT2D eigenvalue weighted by atomic mass is 10.1. The minimum absolute atomic E-state index is 0.00172. The Bertz CT molecular complexity index is 1590. The number of benzene rings is 4. The van der Waals surface area contributed by atoms with Crippen LogP contribution in [0.2, 0.25) is 0 Å². The maximum Gasteiger partial charge on any atom is 0.272 e. The molecule has 0 aliphatic carbocycles. The maximum atomic E-state index is 13.4. The summed E-state index contributed by atoms with van der Waals surface area (Å²) in [7, 11) is 0. The predicted molar refractivity (Wildman–Crippen MR) is 168 cm³/mol. The highest BCUT2D eigenvalue weighted by atomic mass is 32.2. The van der Waals surface area contributed by atoms with Gasteiger partial charge in [0.2, 0.25) is 5.91 Å². The molecule has 8 heteroatoms. The third-order valence-corrected chi connectivity index (χ3v) is 7.60. The van der Waals surface area contributed by atoms with Crippen molar-refractivity contribution in [3.63, 3.8) is 0 Å². The van der Waals surface area contributed by atoms with Crippen LogP contribution in [0.25, 0.3) is 6.08 Å². The molecule has 0 aliphatic rings. The molecule has 0 saturated heterocycles. The Morgan fingerprint density at radius 3 is 2.21 bits per heavy atom. The lowest BCUT2D eigenvalue weighted by Crippen LogP contribution is -2.30. The molecule has 0 spiro atoms. The third-order valence-electron chi connectivity index (χ3n) is 6.49. The van der Waals surface area contributed by atoms with E-state index in [9.17, 15) is 18.8 Å². The Labute approximate surface area is 249 Å². The van der Waals surface area contributed by atoms with Crippen LogP contribution in [0.3, 0.4) is 0 Å². The Balaban J connectivity index is 1.43. The van der Waals surface area contributed by atoms with Crippen LogP contribution in [0.15, 0.2) is 108 Å². The smallest absolute Gasteiger partial charge is 0.272 e. The van der Waals surface area contributed by atoms with Gasteiger partial charge >= 0.3 is 0 Å². The van der Waals surface area contributed by atoms with Crippen molar-refractivity contribution >= 4 is 46.9 Å². The Morgan fingerprint density at radius 1 is 0.857 bits per heavy atom. The summed E-state index contributed by atoms with van der Waals surface area (Å²) < 4.78 is 13.4. The fourth-order valence-electron chi connectivity index (χ4n) is 4.17. The molecule has 0 saturated carbocycles. The topological polar surface area (TPSA) is 87.3 Å². The second-order valence-corrected chi connectivity index (χ2v) is 11.0. The van der Waals surface area contributed by atoms with Crippen molar-refractivity contribution in [2.45, 2.75) is 37.3 Å². The van der Waals surface area contributed by atoms with Crippen molar-refractivity contribution in [2.75, 3.05) is 10.6 Å². The molecule has 0 radical (unpaired) electrons. The van der Waals surface area contributed by atoms with Gasteiger partial charge in [-0.3, -0.25) is 14.4 Å². The van der Waals surface area contributed by atoms with Gasteiger partial charge in [0.25, 0.3) is 11.8 Å².